The Labute approximate surface area is 142 Å². The summed E-state index contributed by atoms with van der Waals surface area (Å²) in [6, 6.07) is 8.05. The van der Waals surface area contributed by atoms with Crippen LogP contribution in [0.4, 0.5) is 13.2 Å². The number of alkyl halides is 3. The first-order chi connectivity index (χ1) is 11.1. The minimum absolute atomic E-state index is 0.174. The summed E-state index contributed by atoms with van der Waals surface area (Å²) >= 11 is 5.74. The van der Waals surface area contributed by atoms with Gasteiger partial charge in [0.05, 0.1) is 5.56 Å². The molecule has 0 spiro atoms. The summed E-state index contributed by atoms with van der Waals surface area (Å²) in [6.07, 6.45) is -2.99. The van der Waals surface area contributed by atoms with E-state index in [1.165, 1.54) is 24.4 Å². The molecule has 0 aliphatic heterocycles. The lowest BCUT2D eigenvalue weighted by Crippen LogP contribution is -2.36. The zero-order valence-electron chi connectivity index (χ0n) is 13.1. The number of hydrogen-bond acceptors (Lipinski definition) is 2. The second kappa shape index (κ2) is 6.81. The highest BCUT2D eigenvalue weighted by Gasteiger charge is 2.32. The van der Waals surface area contributed by atoms with Crippen molar-refractivity contribution < 1.29 is 18.0 Å². The molecular weight excluding hydrogens is 341 g/mol. The van der Waals surface area contributed by atoms with Gasteiger partial charge in [-0.25, -0.2) is 4.98 Å². The number of carbonyl (C=O) groups is 1. The maximum atomic E-state index is 12.8. The lowest BCUT2D eigenvalue weighted by molar-refractivity contribution is -0.137. The van der Waals surface area contributed by atoms with Gasteiger partial charge in [0.2, 0.25) is 0 Å². The Morgan fingerprint density at radius 2 is 1.83 bits per heavy atom. The van der Waals surface area contributed by atoms with Crippen molar-refractivity contribution in [3.63, 3.8) is 0 Å². The highest BCUT2D eigenvalue weighted by Crippen LogP contribution is 2.32. The maximum absolute atomic E-state index is 12.8. The molecule has 3 nitrogen and oxygen atoms in total. The van der Waals surface area contributed by atoms with Gasteiger partial charge in [-0.3, -0.25) is 4.79 Å². The fourth-order valence-corrected chi connectivity index (χ4v) is 2.34. The van der Waals surface area contributed by atoms with E-state index in [9.17, 15) is 18.0 Å². The number of aromatic nitrogens is 1. The molecule has 2 aromatic rings. The molecule has 24 heavy (non-hydrogen) atoms. The third kappa shape index (κ3) is 4.47. The lowest BCUT2D eigenvalue weighted by Gasteiger charge is -2.26. The molecule has 0 aliphatic rings. The van der Waals surface area contributed by atoms with Gasteiger partial charge in [-0.05, 0) is 23.8 Å². The fraction of sp³-hybridized carbons (Fsp3) is 0.294. The molecule has 7 heteroatoms. The number of hydrogen-bond donors (Lipinski definition) is 1. The van der Waals surface area contributed by atoms with Gasteiger partial charge in [-0.15, -0.1) is 0 Å². The van der Waals surface area contributed by atoms with Crippen LogP contribution in [0.1, 0.15) is 35.3 Å². The molecule has 0 fully saturated rings. The number of halogens is 4. The lowest BCUT2D eigenvalue weighted by atomic mass is 9.83. The topological polar surface area (TPSA) is 42.0 Å². The van der Waals surface area contributed by atoms with Crippen molar-refractivity contribution >= 4 is 17.5 Å². The smallest absolute Gasteiger partial charge is 0.351 e. The SMILES string of the molecule is CC(C)(CNC(=O)c1ccnc(Cl)c1)c1cccc(C(F)(F)F)c1. The van der Waals surface area contributed by atoms with E-state index >= 15 is 0 Å². The van der Waals surface area contributed by atoms with Crippen molar-refractivity contribution in [2.45, 2.75) is 25.4 Å². The third-order valence-electron chi connectivity index (χ3n) is 3.65. The molecule has 0 saturated carbocycles. The highest BCUT2D eigenvalue weighted by atomic mass is 35.5. The summed E-state index contributed by atoms with van der Waals surface area (Å²) < 4.78 is 38.5. The second-order valence-electron chi connectivity index (χ2n) is 6.01. The van der Waals surface area contributed by atoms with Gasteiger partial charge in [-0.2, -0.15) is 13.2 Å². The number of nitrogens with zero attached hydrogens (tertiary/aromatic N) is 1. The summed E-state index contributed by atoms with van der Waals surface area (Å²) in [7, 11) is 0. The number of benzene rings is 1. The number of pyridine rings is 1. The van der Waals surface area contributed by atoms with E-state index in [2.05, 4.69) is 10.3 Å². The molecule has 0 bridgehead atoms. The predicted octanol–water partition coefficient (Wildman–Crippen LogP) is 4.46. The molecule has 0 saturated heterocycles. The van der Waals surface area contributed by atoms with Crippen LogP contribution in [0.5, 0.6) is 0 Å². The molecule has 1 amide bonds. The van der Waals surface area contributed by atoms with Crippen LogP contribution in [0.2, 0.25) is 5.15 Å². The van der Waals surface area contributed by atoms with Gasteiger partial charge in [0.1, 0.15) is 5.15 Å². The van der Waals surface area contributed by atoms with Crippen molar-refractivity contribution in [3.05, 3.63) is 64.4 Å². The minimum atomic E-state index is -4.40. The van der Waals surface area contributed by atoms with E-state index in [1.807, 2.05) is 0 Å². The summed E-state index contributed by atoms with van der Waals surface area (Å²) in [5, 5.41) is 2.91. The Balaban J connectivity index is 2.12. The van der Waals surface area contributed by atoms with E-state index in [-0.39, 0.29) is 17.6 Å². The average Bonchev–Trinajstić information content (AvgIpc) is 2.52. The van der Waals surface area contributed by atoms with E-state index in [1.54, 1.807) is 19.9 Å². The number of nitrogens with one attached hydrogen (secondary N) is 1. The molecule has 1 N–H and O–H groups in total. The van der Waals surface area contributed by atoms with Crippen LogP contribution in [0, 0.1) is 0 Å². The Morgan fingerprint density at radius 3 is 2.46 bits per heavy atom. The molecule has 0 radical (unpaired) electrons. The van der Waals surface area contributed by atoms with Gasteiger partial charge in [0.15, 0.2) is 0 Å². The highest BCUT2D eigenvalue weighted by molar-refractivity contribution is 6.29. The molecule has 1 aromatic heterocycles. The van der Waals surface area contributed by atoms with E-state index < -0.39 is 17.2 Å². The van der Waals surface area contributed by atoms with Gasteiger partial charge in [0, 0.05) is 23.7 Å². The quantitative estimate of drug-likeness (QED) is 0.822. The summed E-state index contributed by atoms with van der Waals surface area (Å²) in [4.78, 5) is 15.9. The van der Waals surface area contributed by atoms with E-state index in [4.69, 9.17) is 11.6 Å². The van der Waals surface area contributed by atoms with Crippen LogP contribution in [0.25, 0.3) is 0 Å². The minimum Gasteiger partial charge on any atom is -0.351 e. The van der Waals surface area contributed by atoms with Crippen molar-refractivity contribution in [1.29, 1.82) is 0 Å². The van der Waals surface area contributed by atoms with Crippen LogP contribution in [-0.4, -0.2) is 17.4 Å². The Morgan fingerprint density at radius 1 is 1.17 bits per heavy atom. The van der Waals surface area contributed by atoms with Gasteiger partial charge in [-0.1, -0.05) is 43.6 Å². The van der Waals surface area contributed by atoms with Crippen LogP contribution in [-0.2, 0) is 11.6 Å². The molecule has 128 valence electrons. The Hall–Kier alpha value is -2.08. The third-order valence-corrected chi connectivity index (χ3v) is 3.86. The Kier molecular flexibility index (Phi) is 5.18. The van der Waals surface area contributed by atoms with E-state index in [0.717, 1.165) is 12.1 Å². The van der Waals surface area contributed by atoms with Gasteiger partial charge < -0.3 is 5.32 Å². The number of rotatable bonds is 4. The first-order valence-electron chi connectivity index (χ1n) is 7.17. The second-order valence-corrected chi connectivity index (χ2v) is 6.40. The predicted molar refractivity (Wildman–Crippen MR) is 86.1 cm³/mol. The zero-order valence-corrected chi connectivity index (χ0v) is 13.9. The largest absolute Gasteiger partial charge is 0.416 e. The standard InChI is InChI=1S/C17H16ClF3N2O/c1-16(2,12-4-3-5-13(9-12)17(19,20)21)10-23-15(24)11-6-7-22-14(18)8-11/h3-9H,10H2,1-2H3,(H,23,24). The summed E-state index contributed by atoms with van der Waals surface area (Å²) in [5.41, 5.74) is -0.547. The van der Waals surface area contributed by atoms with Gasteiger partial charge in [0.25, 0.3) is 5.91 Å². The first kappa shape index (κ1) is 18.3. The first-order valence-corrected chi connectivity index (χ1v) is 7.55. The number of amides is 1. The van der Waals surface area contributed by atoms with Crippen molar-refractivity contribution in [2.75, 3.05) is 6.54 Å². The van der Waals surface area contributed by atoms with Crippen molar-refractivity contribution in [2.24, 2.45) is 0 Å². The Bertz CT molecular complexity index is 745. The van der Waals surface area contributed by atoms with Crippen LogP contribution >= 0.6 is 11.6 Å². The van der Waals surface area contributed by atoms with Crippen molar-refractivity contribution in [1.82, 2.24) is 10.3 Å². The van der Waals surface area contributed by atoms with E-state index in [0.29, 0.717) is 11.1 Å². The maximum Gasteiger partial charge on any atom is 0.416 e. The molecule has 2 rings (SSSR count). The average molecular weight is 357 g/mol. The fourth-order valence-electron chi connectivity index (χ4n) is 2.17. The van der Waals surface area contributed by atoms with Gasteiger partial charge >= 0.3 is 6.18 Å². The van der Waals surface area contributed by atoms with Crippen LogP contribution in [0.3, 0.4) is 0 Å². The summed E-state index contributed by atoms with van der Waals surface area (Å²) in [6.45, 7) is 3.71. The monoisotopic (exact) mass is 356 g/mol. The molecule has 0 atom stereocenters. The van der Waals surface area contributed by atoms with Crippen LogP contribution in [0.15, 0.2) is 42.6 Å². The van der Waals surface area contributed by atoms with Crippen molar-refractivity contribution in [3.8, 4) is 0 Å². The van der Waals surface area contributed by atoms with Crippen LogP contribution < -0.4 is 5.32 Å². The molecule has 1 heterocycles. The zero-order chi connectivity index (χ0) is 18.0. The summed E-state index contributed by atoms with van der Waals surface area (Å²) in [5.74, 6) is -0.362. The molecule has 0 unspecified atom stereocenters. The molecule has 1 aromatic carbocycles. The number of carbonyl (C=O) groups excluding carboxylic acids is 1. The molecular formula is C17H16ClF3N2O. The normalized spacial score (nSPS) is 12.1. The molecule has 0 aliphatic carbocycles.